The second-order valence-corrected chi connectivity index (χ2v) is 6.62. The molecule has 2 heteroatoms. The quantitative estimate of drug-likeness (QED) is 0.365. The molecule has 0 N–H and O–H groups in total. The van der Waals surface area contributed by atoms with Crippen molar-refractivity contribution in [2.45, 2.75) is 0 Å². The van der Waals surface area contributed by atoms with Gasteiger partial charge in [-0.05, 0) is 52.7 Å². The van der Waals surface area contributed by atoms with Gasteiger partial charge in [0.2, 0.25) is 0 Å². The van der Waals surface area contributed by atoms with E-state index in [0.29, 0.717) is 0 Å². The minimum Gasteiger partial charge on any atom is -0.292 e. The lowest BCUT2D eigenvalue weighted by atomic mass is 10.0. The second kappa shape index (κ2) is 6.26. The molecule has 0 amide bonds. The van der Waals surface area contributed by atoms with Gasteiger partial charge in [0.05, 0.1) is 11.0 Å². The number of hydrogen-bond donors (Lipinski definition) is 0. The van der Waals surface area contributed by atoms with E-state index in [1.165, 1.54) is 10.8 Å². The summed E-state index contributed by atoms with van der Waals surface area (Å²) in [6.07, 6.45) is 1.88. The number of para-hydroxylation sites is 3. The maximum Gasteiger partial charge on any atom is 0.145 e. The number of fused-ring (bicyclic) bond motifs is 2. The van der Waals surface area contributed by atoms with Crippen LogP contribution in [0.1, 0.15) is 5.56 Å². The number of imidazole rings is 1. The number of nitrogens with zero attached hydrogens (tertiary/aromatic N) is 2. The van der Waals surface area contributed by atoms with E-state index in [4.69, 9.17) is 4.98 Å². The number of rotatable bonds is 3. The molecule has 1 aromatic heterocycles. The van der Waals surface area contributed by atoms with Crippen LogP contribution in [-0.2, 0) is 0 Å². The van der Waals surface area contributed by atoms with Gasteiger partial charge in [0.1, 0.15) is 5.82 Å². The predicted molar refractivity (Wildman–Crippen MR) is 114 cm³/mol. The molecule has 27 heavy (non-hydrogen) atoms. The molecule has 0 aliphatic rings. The molecule has 0 aliphatic carbocycles. The zero-order valence-electron chi connectivity index (χ0n) is 14.8. The molecule has 2 nitrogen and oxygen atoms in total. The van der Waals surface area contributed by atoms with Gasteiger partial charge in [-0.25, -0.2) is 4.98 Å². The van der Waals surface area contributed by atoms with Crippen molar-refractivity contribution < 1.29 is 0 Å². The highest BCUT2D eigenvalue weighted by molar-refractivity contribution is 5.90. The van der Waals surface area contributed by atoms with E-state index in [1.807, 2.05) is 18.2 Å². The van der Waals surface area contributed by atoms with Crippen molar-refractivity contribution >= 4 is 27.9 Å². The summed E-state index contributed by atoms with van der Waals surface area (Å²) in [6.45, 7) is 3.86. The van der Waals surface area contributed by atoms with Crippen LogP contribution in [0.5, 0.6) is 0 Å². The maximum absolute atomic E-state index is 4.95. The number of aromatic nitrogens is 2. The molecule has 0 spiro atoms. The van der Waals surface area contributed by atoms with Crippen molar-refractivity contribution in [1.82, 2.24) is 9.55 Å². The molecule has 4 aromatic carbocycles. The molecule has 0 unspecified atom stereocenters. The Hall–Kier alpha value is -3.65. The van der Waals surface area contributed by atoms with Crippen LogP contribution in [0, 0.1) is 0 Å². The third kappa shape index (κ3) is 2.63. The van der Waals surface area contributed by atoms with Crippen LogP contribution in [-0.4, -0.2) is 9.55 Å². The van der Waals surface area contributed by atoms with Gasteiger partial charge in [-0.15, -0.1) is 0 Å². The average Bonchev–Trinajstić information content (AvgIpc) is 3.13. The first-order valence-corrected chi connectivity index (χ1v) is 9.03. The monoisotopic (exact) mass is 346 g/mol. The fourth-order valence-electron chi connectivity index (χ4n) is 3.59. The average molecular weight is 346 g/mol. The van der Waals surface area contributed by atoms with Crippen LogP contribution in [0.4, 0.5) is 0 Å². The Morgan fingerprint density at radius 1 is 0.741 bits per heavy atom. The standard InChI is InChI=1S/C25H18N2/c1-2-18-12-13-20-17-21(15-14-19(20)16-18)25-26-23-10-6-7-11-24(23)27(25)22-8-4-3-5-9-22/h2-17H,1H2. The van der Waals surface area contributed by atoms with Crippen molar-refractivity contribution in [1.29, 1.82) is 0 Å². The van der Waals surface area contributed by atoms with Gasteiger partial charge in [0, 0.05) is 11.3 Å². The summed E-state index contributed by atoms with van der Waals surface area (Å²) in [5, 5.41) is 2.41. The molecule has 0 radical (unpaired) electrons. The molecular weight excluding hydrogens is 328 g/mol. The van der Waals surface area contributed by atoms with Crippen LogP contribution < -0.4 is 0 Å². The van der Waals surface area contributed by atoms with Crippen LogP contribution in [0.25, 0.3) is 45.0 Å². The van der Waals surface area contributed by atoms with Crippen LogP contribution in [0.3, 0.4) is 0 Å². The van der Waals surface area contributed by atoms with E-state index in [2.05, 4.69) is 90.0 Å². The normalized spacial score (nSPS) is 11.1. The van der Waals surface area contributed by atoms with E-state index >= 15 is 0 Å². The topological polar surface area (TPSA) is 17.8 Å². The van der Waals surface area contributed by atoms with E-state index in [0.717, 1.165) is 33.7 Å². The lowest BCUT2D eigenvalue weighted by Crippen LogP contribution is -1.97. The Labute approximate surface area is 158 Å². The lowest BCUT2D eigenvalue weighted by Gasteiger charge is -2.10. The second-order valence-electron chi connectivity index (χ2n) is 6.62. The molecule has 0 bridgehead atoms. The van der Waals surface area contributed by atoms with Gasteiger partial charge in [-0.1, -0.05) is 67.3 Å². The summed E-state index contributed by atoms with van der Waals surface area (Å²) >= 11 is 0. The van der Waals surface area contributed by atoms with Gasteiger partial charge >= 0.3 is 0 Å². The summed E-state index contributed by atoms with van der Waals surface area (Å²) in [6, 6.07) is 31.6. The van der Waals surface area contributed by atoms with Gasteiger partial charge in [-0.2, -0.15) is 0 Å². The first-order chi connectivity index (χ1) is 13.3. The van der Waals surface area contributed by atoms with E-state index < -0.39 is 0 Å². The van der Waals surface area contributed by atoms with Crippen molar-refractivity contribution in [2.24, 2.45) is 0 Å². The molecule has 5 aromatic rings. The van der Waals surface area contributed by atoms with Gasteiger partial charge in [-0.3, -0.25) is 4.57 Å². The summed E-state index contributed by atoms with van der Waals surface area (Å²) < 4.78 is 2.23. The molecule has 5 rings (SSSR count). The van der Waals surface area contributed by atoms with Gasteiger partial charge in [0.15, 0.2) is 0 Å². The Morgan fingerprint density at radius 2 is 1.48 bits per heavy atom. The number of benzene rings is 4. The zero-order chi connectivity index (χ0) is 18.2. The largest absolute Gasteiger partial charge is 0.292 e. The summed E-state index contributed by atoms with van der Waals surface area (Å²) in [4.78, 5) is 4.95. The molecule has 1 heterocycles. The van der Waals surface area contributed by atoms with Gasteiger partial charge < -0.3 is 0 Å². The third-order valence-corrected chi connectivity index (χ3v) is 4.93. The van der Waals surface area contributed by atoms with Crippen LogP contribution in [0.15, 0.2) is 97.6 Å². The Morgan fingerprint density at radius 3 is 2.33 bits per heavy atom. The fourth-order valence-corrected chi connectivity index (χ4v) is 3.59. The Balaban J connectivity index is 1.78. The van der Waals surface area contributed by atoms with Crippen LogP contribution in [0.2, 0.25) is 0 Å². The smallest absolute Gasteiger partial charge is 0.145 e. The van der Waals surface area contributed by atoms with Crippen molar-refractivity contribution in [3.63, 3.8) is 0 Å². The van der Waals surface area contributed by atoms with E-state index in [-0.39, 0.29) is 0 Å². The maximum atomic E-state index is 4.95. The van der Waals surface area contributed by atoms with E-state index in [1.54, 1.807) is 0 Å². The first-order valence-electron chi connectivity index (χ1n) is 9.03. The number of hydrogen-bond acceptors (Lipinski definition) is 1. The van der Waals surface area contributed by atoms with Crippen molar-refractivity contribution in [3.05, 3.63) is 103 Å². The molecule has 0 atom stereocenters. The van der Waals surface area contributed by atoms with Gasteiger partial charge in [0.25, 0.3) is 0 Å². The van der Waals surface area contributed by atoms with Crippen LogP contribution >= 0.6 is 0 Å². The Kier molecular flexibility index (Phi) is 3.61. The molecule has 128 valence electrons. The predicted octanol–water partition coefficient (Wildman–Crippen LogP) is 6.49. The molecule has 0 aliphatic heterocycles. The first kappa shape index (κ1) is 15.6. The lowest BCUT2D eigenvalue weighted by molar-refractivity contribution is 1.10. The van der Waals surface area contributed by atoms with E-state index in [9.17, 15) is 0 Å². The zero-order valence-corrected chi connectivity index (χ0v) is 14.8. The summed E-state index contributed by atoms with van der Waals surface area (Å²) in [5.41, 5.74) is 5.46. The Bertz CT molecular complexity index is 1280. The third-order valence-electron chi connectivity index (χ3n) is 4.93. The fraction of sp³-hybridized carbons (Fsp3) is 0. The SMILES string of the molecule is C=Cc1ccc2cc(-c3nc4ccccc4n3-c3ccccc3)ccc2c1. The molecule has 0 fully saturated rings. The minimum absolute atomic E-state index is 0.956. The summed E-state index contributed by atoms with van der Waals surface area (Å²) in [7, 11) is 0. The molecule has 0 saturated heterocycles. The molecule has 0 saturated carbocycles. The van der Waals surface area contributed by atoms with Crippen molar-refractivity contribution in [3.8, 4) is 17.1 Å². The highest BCUT2D eigenvalue weighted by atomic mass is 15.1. The highest BCUT2D eigenvalue weighted by Crippen LogP contribution is 2.30. The summed E-state index contributed by atoms with van der Waals surface area (Å²) in [5.74, 6) is 0.956. The minimum atomic E-state index is 0.956. The van der Waals surface area contributed by atoms with Crippen molar-refractivity contribution in [2.75, 3.05) is 0 Å². The molecular formula is C25H18N2. The highest BCUT2D eigenvalue weighted by Gasteiger charge is 2.14.